The van der Waals surface area contributed by atoms with Crippen molar-refractivity contribution in [2.24, 2.45) is 0 Å². The molecular weight excluding hydrogens is 208 g/mol. The molecule has 0 aromatic heterocycles. The van der Waals surface area contributed by atoms with Gasteiger partial charge in [-0.3, -0.25) is 0 Å². The average molecular weight is 222 g/mol. The lowest BCUT2D eigenvalue weighted by atomic mass is 10.1. The Labute approximate surface area is 94.4 Å². The summed E-state index contributed by atoms with van der Waals surface area (Å²) in [7, 11) is 3.21. The Balaban J connectivity index is 2.62. The van der Waals surface area contributed by atoms with E-state index in [1.807, 2.05) is 25.1 Å². The fourth-order valence-electron chi connectivity index (χ4n) is 1.70. The smallest absolute Gasteiger partial charge is 0.231 e. The lowest BCUT2D eigenvalue weighted by Gasteiger charge is -2.11. The van der Waals surface area contributed by atoms with Gasteiger partial charge in [-0.2, -0.15) is 0 Å². The van der Waals surface area contributed by atoms with Crippen LogP contribution in [-0.2, 0) is 0 Å². The summed E-state index contributed by atoms with van der Waals surface area (Å²) in [6.07, 6.45) is 3.86. The number of ether oxygens (including phenoxy) is 4. The number of methoxy groups -OCH3 is 2. The highest BCUT2D eigenvalue weighted by atomic mass is 16.7. The van der Waals surface area contributed by atoms with E-state index in [4.69, 9.17) is 18.9 Å². The average Bonchev–Trinajstić information content (AvgIpc) is 2.77. The molecule has 0 spiro atoms. The summed E-state index contributed by atoms with van der Waals surface area (Å²) < 4.78 is 21.3. The van der Waals surface area contributed by atoms with Gasteiger partial charge < -0.3 is 18.9 Å². The molecule has 1 aliphatic rings. The second-order valence-corrected chi connectivity index (χ2v) is 3.27. The van der Waals surface area contributed by atoms with Crippen LogP contribution in [0.25, 0.3) is 6.08 Å². The lowest BCUT2D eigenvalue weighted by Crippen LogP contribution is -1.94. The maximum absolute atomic E-state index is 5.39. The third-order valence-corrected chi connectivity index (χ3v) is 2.36. The predicted molar refractivity (Wildman–Crippen MR) is 60.4 cm³/mol. The Kier molecular flexibility index (Phi) is 2.90. The summed E-state index contributed by atoms with van der Waals surface area (Å²) in [6.45, 7) is 2.14. The van der Waals surface area contributed by atoms with E-state index in [1.165, 1.54) is 0 Å². The van der Waals surface area contributed by atoms with E-state index in [9.17, 15) is 0 Å². The largest absolute Gasteiger partial charge is 0.493 e. The lowest BCUT2D eigenvalue weighted by molar-refractivity contribution is 0.168. The molecule has 0 saturated carbocycles. The zero-order valence-corrected chi connectivity index (χ0v) is 9.57. The molecule has 1 heterocycles. The molecular formula is C12H14O4. The van der Waals surface area contributed by atoms with E-state index in [2.05, 4.69) is 0 Å². The van der Waals surface area contributed by atoms with Gasteiger partial charge in [0.05, 0.1) is 14.2 Å². The van der Waals surface area contributed by atoms with Crippen molar-refractivity contribution >= 4 is 6.08 Å². The van der Waals surface area contributed by atoms with Crippen molar-refractivity contribution < 1.29 is 18.9 Å². The Hall–Kier alpha value is -1.84. The van der Waals surface area contributed by atoms with Gasteiger partial charge in [0.15, 0.2) is 11.5 Å². The number of rotatable bonds is 3. The van der Waals surface area contributed by atoms with E-state index in [1.54, 1.807) is 14.2 Å². The van der Waals surface area contributed by atoms with Gasteiger partial charge in [-0.05, 0) is 13.0 Å². The molecule has 4 heteroatoms. The van der Waals surface area contributed by atoms with Crippen molar-refractivity contribution in [2.75, 3.05) is 21.0 Å². The van der Waals surface area contributed by atoms with Gasteiger partial charge in [0.25, 0.3) is 0 Å². The Morgan fingerprint density at radius 3 is 2.56 bits per heavy atom. The van der Waals surface area contributed by atoms with Gasteiger partial charge in [-0.1, -0.05) is 12.2 Å². The molecule has 86 valence electrons. The number of fused-ring (bicyclic) bond motifs is 1. The fourth-order valence-corrected chi connectivity index (χ4v) is 1.70. The highest BCUT2D eigenvalue weighted by Gasteiger charge is 2.25. The molecule has 1 aromatic rings. The Morgan fingerprint density at radius 2 is 1.94 bits per heavy atom. The van der Waals surface area contributed by atoms with Crippen LogP contribution >= 0.6 is 0 Å². The number of hydrogen-bond donors (Lipinski definition) is 0. The third-order valence-electron chi connectivity index (χ3n) is 2.36. The second kappa shape index (κ2) is 4.35. The van der Waals surface area contributed by atoms with Crippen molar-refractivity contribution in [2.45, 2.75) is 6.92 Å². The van der Waals surface area contributed by atoms with E-state index >= 15 is 0 Å². The maximum atomic E-state index is 5.39. The van der Waals surface area contributed by atoms with Crippen LogP contribution in [0.5, 0.6) is 23.0 Å². The van der Waals surface area contributed by atoms with Crippen molar-refractivity contribution in [1.82, 2.24) is 0 Å². The van der Waals surface area contributed by atoms with Crippen molar-refractivity contribution in [3.05, 3.63) is 17.7 Å². The first-order chi connectivity index (χ1) is 7.81. The van der Waals surface area contributed by atoms with Crippen molar-refractivity contribution in [1.29, 1.82) is 0 Å². The molecule has 2 rings (SSSR count). The predicted octanol–water partition coefficient (Wildman–Crippen LogP) is 2.47. The maximum Gasteiger partial charge on any atom is 0.231 e. The van der Waals surface area contributed by atoms with Gasteiger partial charge >= 0.3 is 0 Å². The summed E-state index contributed by atoms with van der Waals surface area (Å²) in [5.74, 6) is 2.54. The van der Waals surface area contributed by atoms with E-state index in [-0.39, 0.29) is 6.79 Å². The first-order valence-corrected chi connectivity index (χ1v) is 4.99. The molecule has 0 amide bonds. The third kappa shape index (κ3) is 1.56. The van der Waals surface area contributed by atoms with E-state index in [0.29, 0.717) is 23.0 Å². The van der Waals surface area contributed by atoms with Gasteiger partial charge in [0, 0.05) is 5.56 Å². The number of allylic oxidation sites excluding steroid dienone is 1. The molecule has 0 radical (unpaired) electrons. The molecule has 1 aromatic carbocycles. The minimum Gasteiger partial charge on any atom is -0.493 e. The molecule has 0 N–H and O–H groups in total. The van der Waals surface area contributed by atoms with Gasteiger partial charge in [-0.15, -0.1) is 0 Å². The number of benzene rings is 1. The summed E-state index contributed by atoms with van der Waals surface area (Å²) in [4.78, 5) is 0. The van der Waals surface area contributed by atoms with E-state index in [0.717, 1.165) is 5.56 Å². The molecule has 0 bridgehead atoms. The zero-order chi connectivity index (χ0) is 11.5. The molecule has 0 aliphatic carbocycles. The standard InChI is InChI=1S/C12H14O4/c1-4-5-8-6-9(13-2)11-12(10(8)14-3)16-7-15-11/h4-6H,7H2,1-3H3/b5-4+. The summed E-state index contributed by atoms with van der Waals surface area (Å²) in [6, 6.07) is 1.87. The van der Waals surface area contributed by atoms with Crippen LogP contribution in [-0.4, -0.2) is 21.0 Å². The van der Waals surface area contributed by atoms with Crippen LogP contribution in [0, 0.1) is 0 Å². The molecule has 0 saturated heterocycles. The zero-order valence-electron chi connectivity index (χ0n) is 9.57. The normalized spacial score (nSPS) is 13.2. The monoisotopic (exact) mass is 222 g/mol. The fraction of sp³-hybridized carbons (Fsp3) is 0.333. The van der Waals surface area contributed by atoms with Crippen LogP contribution in [0.1, 0.15) is 12.5 Å². The summed E-state index contributed by atoms with van der Waals surface area (Å²) in [5.41, 5.74) is 0.908. The summed E-state index contributed by atoms with van der Waals surface area (Å²) >= 11 is 0. The highest BCUT2D eigenvalue weighted by Crippen LogP contribution is 2.49. The SMILES string of the molecule is C/C=C/c1cc(OC)c2c(c1OC)OCO2. The molecule has 1 aliphatic heterocycles. The van der Waals surface area contributed by atoms with Crippen LogP contribution in [0.4, 0.5) is 0 Å². The van der Waals surface area contributed by atoms with Crippen molar-refractivity contribution in [3.63, 3.8) is 0 Å². The molecule has 4 nitrogen and oxygen atoms in total. The first-order valence-electron chi connectivity index (χ1n) is 4.99. The Bertz CT molecular complexity index is 424. The van der Waals surface area contributed by atoms with Crippen LogP contribution in [0.15, 0.2) is 12.1 Å². The quantitative estimate of drug-likeness (QED) is 0.787. The molecule has 16 heavy (non-hydrogen) atoms. The van der Waals surface area contributed by atoms with Gasteiger partial charge in [0.1, 0.15) is 0 Å². The highest BCUT2D eigenvalue weighted by molar-refractivity contribution is 5.71. The molecule has 0 atom stereocenters. The van der Waals surface area contributed by atoms with Crippen LogP contribution < -0.4 is 18.9 Å². The molecule has 0 unspecified atom stereocenters. The van der Waals surface area contributed by atoms with Crippen molar-refractivity contribution in [3.8, 4) is 23.0 Å². The summed E-state index contributed by atoms with van der Waals surface area (Å²) in [5, 5.41) is 0. The van der Waals surface area contributed by atoms with Crippen LogP contribution in [0.2, 0.25) is 0 Å². The first kappa shape index (κ1) is 10.7. The number of hydrogen-bond acceptors (Lipinski definition) is 4. The van der Waals surface area contributed by atoms with E-state index < -0.39 is 0 Å². The Morgan fingerprint density at radius 1 is 1.19 bits per heavy atom. The second-order valence-electron chi connectivity index (χ2n) is 3.27. The van der Waals surface area contributed by atoms with Gasteiger partial charge in [0.2, 0.25) is 18.3 Å². The topological polar surface area (TPSA) is 36.9 Å². The van der Waals surface area contributed by atoms with Crippen LogP contribution in [0.3, 0.4) is 0 Å². The minimum atomic E-state index is 0.196. The molecule has 0 fully saturated rings. The minimum absolute atomic E-state index is 0.196. The van der Waals surface area contributed by atoms with Gasteiger partial charge in [-0.25, -0.2) is 0 Å².